The van der Waals surface area contributed by atoms with E-state index in [0.717, 1.165) is 29.8 Å². The van der Waals surface area contributed by atoms with Crippen LogP contribution in [0.2, 0.25) is 0 Å². The Morgan fingerprint density at radius 2 is 2.00 bits per heavy atom. The lowest BCUT2D eigenvalue weighted by Gasteiger charge is -2.25. The molecule has 1 aliphatic heterocycles. The van der Waals surface area contributed by atoms with E-state index >= 15 is 0 Å². The van der Waals surface area contributed by atoms with Crippen molar-refractivity contribution in [2.75, 3.05) is 19.6 Å². The molecule has 1 atom stereocenters. The summed E-state index contributed by atoms with van der Waals surface area (Å²) in [5, 5.41) is 5.82. The number of carbonyl (C=O) groups is 1. The smallest absolute Gasteiger partial charge is 0.355 e. The van der Waals surface area contributed by atoms with Crippen molar-refractivity contribution in [1.82, 2.24) is 10.6 Å². The number of rotatable bonds is 6. The van der Waals surface area contributed by atoms with Crippen LogP contribution in [0.5, 0.6) is 0 Å². The maximum Gasteiger partial charge on any atom is 0.397 e. The fraction of sp³-hybridized carbons (Fsp3) is 0.435. The fourth-order valence-corrected chi connectivity index (χ4v) is 4.02. The molecule has 29 heavy (non-hydrogen) atoms. The lowest BCUT2D eigenvalue weighted by atomic mass is 9.86. The zero-order valence-corrected chi connectivity index (χ0v) is 16.6. The summed E-state index contributed by atoms with van der Waals surface area (Å²) < 4.78 is 36.8. The minimum Gasteiger partial charge on any atom is -0.355 e. The van der Waals surface area contributed by atoms with Gasteiger partial charge in [-0.2, -0.15) is 13.2 Å². The van der Waals surface area contributed by atoms with Gasteiger partial charge in [0.05, 0.1) is 0 Å². The molecule has 156 valence electrons. The number of carbonyl (C=O) groups excluding carboxylic acids is 1. The van der Waals surface area contributed by atoms with Crippen LogP contribution in [-0.4, -0.2) is 31.7 Å². The van der Waals surface area contributed by atoms with Gasteiger partial charge in [-0.05, 0) is 66.5 Å². The first-order chi connectivity index (χ1) is 13.8. The van der Waals surface area contributed by atoms with E-state index in [1.807, 2.05) is 24.3 Å². The van der Waals surface area contributed by atoms with Crippen LogP contribution in [0.25, 0.3) is 11.1 Å². The van der Waals surface area contributed by atoms with Crippen molar-refractivity contribution in [3.05, 3.63) is 59.2 Å². The molecule has 0 aliphatic carbocycles. The predicted molar refractivity (Wildman–Crippen MR) is 109 cm³/mol. The summed E-state index contributed by atoms with van der Waals surface area (Å²) >= 11 is 0. The highest BCUT2D eigenvalue weighted by atomic mass is 19.4. The first-order valence-electron chi connectivity index (χ1n) is 10.1. The monoisotopic (exact) mass is 404 g/mol. The number of alkyl halides is 3. The molecule has 1 heterocycles. The van der Waals surface area contributed by atoms with Gasteiger partial charge >= 0.3 is 6.18 Å². The molecular formula is C23H27F3N2O. The summed E-state index contributed by atoms with van der Waals surface area (Å²) in [6.45, 7) is 4.40. The van der Waals surface area contributed by atoms with Crippen molar-refractivity contribution < 1.29 is 18.0 Å². The average molecular weight is 404 g/mol. The van der Waals surface area contributed by atoms with Gasteiger partial charge in [-0.3, -0.25) is 4.79 Å². The van der Waals surface area contributed by atoms with Gasteiger partial charge in [0.25, 0.3) is 0 Å². The van der Waals surface area contributed by atoms with E-state index < -0.39 is 18.5 Å². The maximum absolute atomic E-state index is 12.3. The number of halogens is 3. The molecule has 1 saturated heterocycles. The number of aryl methyl sites for hydroxylation is 1. The zero-order valence-electron chi connectivity index (χ0n) is 16.6. The molecule has 2 N–H and O–H groups in total. The molecule has 1 amide bonds. The third-order valence-electron chi connectivity index (χ3n) is 5.41. The van der Waals surface area contributed by atoms with E-state index in [-0.39, 0.29) is 6.54 Å². The highest BCUT2D eigenvalue weighted by Crippen LogP contribution is 2.31. The van der Waals surface area contributed by atoms with Crippen LogP contribution < -0.4 is 10.6 Å². The van der Waals surface area contributed by atoms with Crippen LogP contribution in [-0.2, 0) is 11.2 Å². The summed E-state index contributed by atoms with van der Waals surface area (Å²) in [6.07, 6.45) is -3.05. The molecular weight excluding hydrogens is 377 g/mol. The average Bonchev–Trinajstić information content (AvgIpc) is 2.67. The molecule has 2 aromatic carbocycles. The first kappa shape index (κ1) is 21.4. The number of benzene rings is 2. The number of hydrogen-bond donors (Lipinski definition) is 2. The van der Waals surface area contributed by atoms with E-state index in [0.29, 0.717) is 12.3 Å². The van der Waals surface area contributed by atoms with Gasteiger partial charge in [-0.1, -0.05) is 42.5 Å². The Kier molecular flexibility index (Phi) is 6.96. The highest BCUT2D eigenvalue weighted by Gasteiger charge is 2.30. The van der Waals surface area contributed by atoms with E-state index in [1.54, 1.807) is 0 Å². The number of nitrogens with one attached hydrogen (secondary N) is 2. The second kappa shape index (κ2) is 9.44. The fourth-order valence-electron chi connectivity index (χ4n) is 4.02. The topological polar surface area (TPSA) is 41.1 Å². The van der Waals surface area contributed by atoms with Crippen molar-refractivity contribution >= 4 is 5.91 Å². The normalized spacial score (nSPS) is 17.2. The Balaban J connectivity index is 1.70. The Morgan fingerprint density at radius 1 is 1.21 bits per heavy atom. The SMILES string of the molecule is Cc1cc(-c2ccccc2CCNC(=O)CC(F)(F)F)ccc1[C@@H]1CCCNC1. The van der Waals surface area contributed by atoms with Crippen LogP contribution in [0.3, 0.4) is 0 Å². The van der Waals surface area contributed by atoms with Crippen LogP contribution in [0.1, 0.15) is 41.9 Å². The molecule has 6 heteroatoms. The van der Waals surface area contributed by atoms with Crippen LogP contribution in [0.15, 0.2) is 42.5 Å². The maximum atomic E-state index is 12.3. The molecule has 3 nitrogen and oxygen atoms in total. The number of amides is 1. The van der Waals surface area contributed by atoms with Gasteiger partial charge in [-0.15, -0.1) is 0 Å². The summed E-state index contributed by atoms with van der Waals surface area (Å²) in [5.74, 6) is -0.451. The van der Waals surface area contributed by atoms with Gasteiger partial charge in [0, 0.05) is 13.1 Å². The molecule has 3 rings (SSSR count). The van der Waals surface area contributed by atoms with Crippen molar-refractivity contribution in [3.63, 3.8) is 0 Å². The quantitative estimate of drug-likeness (QED) is 0.730. The molecule has 0 unspecified atom stereocenters. The second-order valence-electron chi connectivity index (χ2n) is 7.66. The lowest BCUT2D eigenvalue weighted by Crippen LogP contribution is -2.30. The van der Waals surface area contributed by atoms with Crippen molar-refractivity contribution in [1.29, 1.82) is 0 Å². The van der Waals surface area contributed by atoms with Crippen molar-refractivity contribution in [3.8, 4) is 11.1 Å². The molecule has 0 radical (unpaired) electrons. The second-order valence-corrected chi connectivity index (χ2v) is 7.66. The summed E-state index contributed by atoms with van der Waals surface area (Å²) in [5.41, 5.74) is 5.77. The summed E-state index contributed by atoms with van der Waals surface area (Å²) in [6, 6.07) is 14.3. The van der Waals surface area contributed by atoms with E-state index in [1.165, 1.54) is 24.0 Å². The standard InChI is InChI=1S/C23H27F3N2O/c1-16-13-18(8-9-20(16)19-6-4-11-27-15-19)21-7-3-2-5-17(21)10-12-28-22(29)14-23(24,25)26/h2-3,5,7-9,13,19,27H,4,6,10-12,14-15H2,1H3,(H,28,29)/t19-/m1/s1. The van der Waals surface area contributed by atoms with Gasteiger partial charge in [0.2, 0.25) is 5.91 Å². The number of hydrogen-bond acceptors (Lipinski definition) is 2. The van der Waals surface area contributed by atoms with Gasteiger partial charge in [0.15, 0.2) is 0 Å². The van der Waals surface area contributed by atoms with Crippen molar-refractivity contribution in [2.45, 2.75) is 44.7 Å². The minimum atomic E-state index is -4.48. The van der Waals surface area contributed by atoms with E-state index in [9.17, 15) is 18.0 Å². The molecule has 0 bridgehead atoms. The van der Waals surface area contributed by atoms with Gasteiger partial charge in [0.1, 0.15) is 6.42 Å². The van der Waals surface area contributed by atoms with Crippen LogP contribution in [0.4, 0.5) is 13.2 Å². The molecule has 2 aromatic rings. The van der Waals surface area contributed by atoms with Gasteiger partial charge < -0.3 is 10.6 Å². The molecule has 0 spiro atoms. The summed E-state index contributed by atoms with van der Waals surface area (Å²) in [7, 11) is 0. The molecule has 1 fully saturated rings. The Morgan fingerprint density at radius 3 is 2.69 bits per heavy atom. The van der Waals surface area contributed by atoms with E-state index in [2.05, 4.69) is 35.8 Å². The first-order valence-corrected chi connectivity index (χ1v) is 10.1. The van der Waals surface area contributed by atoms with Crippen LogP contribution >= 0.6 is 0 Å². The molecule has 0 aromatic heterocycles. The molecule has 0 saturated carbocycles. The predicted octanol–water partition coefficient (Wildman–Crippen LogP) is 4.74. The minimum absolute atomic E-state index is 0.177. The third-order valence-corrected chi connectivity index (χ3v) is 5.41. The number of piperidine rings is 1. The largest absolute Gasteiger partial charge is 0.397 e. The summed E-state index contributed by atoms with van der Waals surface area (Å²) in [4.78, 5) is 11.4. The zero-order chi connectivity index (χ0) is 20.9. The van der Waals surface area contributed by atoms with Gasteiger partial charge in [-0.25, -0.2) is 0 Å². The van der Waals surface area contributed by atoms with E-state index in [4.69, 9.17) is 0 Å². The third kappa shape index (κ3) is 6.07. The Hall–Kier alpha value is -2.34. The highest BCUT2D eigenvalue weighted by molar-refractivity contribution is 5.76. The Bertz CT molecular complexity index is 842. The van der Waals surface area contributed by atoms with Crippen molar-refractivity contribution in [2.24, 2.45) is 0 Å². The lowest BCUT2D eigenvalue weighted by molar-refractivity contribution is -0.153. The Labute approximate surface area is 169 Å². The van der Waals surface area contributed by atoms with Crippen LogP contribution in [0, 0.1) is 6.92 Å². The molecule has 1 aliphatic rings.